The molecule has 4 atom stereocenters. The zero-order chi connectivity index (χ0) is 24.3. The summed E-state index contributed by atoms with van der Waals surface area (Å²) in [5.74, 6) is 0.870. The zero-order valence-corrected chi connectivity index (χ0v) is 21.2. The third-order valence-corrected chi connectivity index (χ3v) is 9.64. The first-order valence-electron chi connectivity index (χ1n) is 12.4. The van der Waals surface area contributed by atoms with Crippen LogP contribution < -0.4 is 4.72 Å². The summed E-state index contributed by atoms with van der Waals surface area (Å²) in [7, 11) is -3.40. The van der Waals surface area contributed by atoms with Crippen LogP contribution in [0.4, 0.5) is 4.79 Å². The van der Waals surface area contributed by atoms with E-state index in [0.29, 0.717) is 31.2 Å². The average molecular weight is 488 g/mol. The van der Waals surface area contributed by atoms with Crippen molar-refractivity contribution in [1.82, 2.24) is 14.5 Å². The Morgan fingerprint density at radius 2 is 1.70 bits per heavy atom. The Bertz CT molecular complexity index is 796. The second kappa shape index (κ2) is 10.9. The molecule has 1 heterocycles. The van der Waals surface area contributed by atoms with E-state index in [1.165, 1.54) is 0 Å². The van der Waals surface area contributed by atoms with Gasteiger partial charge in [0.2, 0.25) is 15.9 Å². The summed E-state index contributed by atoms with van der Waals surface area (Å²) in [6.07, 6.45) is 5.06. The second-order valence-electron chi connectivity index (χ2n) is 10.3. The van der Waals surface area contributed by atoms with Crippen LogP contribution in [-0.4, -0.2) is 84.5 Å². The lowest BCUT2D eigenvalue weighted by Crippen LogP contribution is -2.67. The highest BCUT2D eigenvalue weighted by molar-refractivity contribution is 7.90. The van der Waals surface area contributed by atoms with E-state index >= 15 is 0 Å². The number of sulfonamides is 1. The van der Waals surface area contributed by atoms with Gasteiger partial charge in [-0.1, -0.05) is 0 Å². The van der Waals surface area contributed by atoms with E-state index in [1.54, 1.807) is 6.92 Å². The van der Waals surface area contributed by atoms with Crippen molar-refractivity contribution in [2.24, 2.45) is 11.8 Å². The molecule has 190 valence electrons. The van der Waals surface area contributed by atoms with Crippen LogP contribution in [0.2, 0.25) is 0 Å². The SMILES string of the molecule is CC(=O)N1C2CCC(C3CCC(S(=O)(=O)NCCO)CC3)CC2N(C(=O)OC(C)C)C[C@@H]1C. The number of nitrogens with one attached hydrogen (secondary N) is 1. The number of hydrogen-bond donors (Lipinski definition) is 2. The van der Waals surface area contributed by atoms with Crippen molar-refractivity contribution in [2.75, 3.05) is 19.7 Å². The Kier molecular flexibility index (Phi) is 8.66. The van der Waals surface area contributed by atoms with Crippen molar-refractivity contribution >= 4 is 22.0 Å². The van der Waals surface area contributed by atoms with Gasteiger partial charge in [0.15, 0.2) is 0 Å². The molecule has 33 heavy (non-hydrogen) atoms. The molecule has 3 aliphatic rings. The minimum Gasteiger partial charge on any atom is -0.447 e. The molecule has 10 heteroatoms. The van der Waals surface area contributed by atoms with Gasteiger partial charge in [-0.15, -0.1) is 0 Å². The van der Waals surface area contributed by atoms with E-state index < -0.39 is 15.3 Å². The third kappa shape index (κ3) is 6.00. The highest BCUT2D eigenvalue weighted by atomic mass is 32.2. The summed E-state index contributed by atoms with van der Waals surface area (Å²) in [5, 5.41) is 8.52. The Hall–Kier alpha value is -1.39. The molecule has 2 aliphatic carbocycles. The Labute approximate surface area is 198 Å². The van der Waals surface area contributed by atoms with Gasteiger partial charge in [0.05, 0.1) is 30.0 Å². The minimum absolute atomic E-state index is 0.00149. The van der Waals surface area contributed by atoms with Crippen LogP contribution in [0.3, 0.4) is 0 Å². The fourth-order valence-electron chi connectivity index (χ4n) is 6.28. The Balaban J connectivity index is 1.69. The zero-order valence-electron chi connectivity index (χ0n) is 20.4. The largest absolute Gasteiger partial charge is 0.447 e. The predicted octanol–water partition coefficient (Wildman–Crippen LogP) is 2.09. The second-order valence-corrected chi connectivity index (χ2v) is 12.3. The third-order valence-electron chi connectivity index (χ3n) is 7.69. The number of aliphatic hydroxyl groups excluding tert-OH is 1. The van der Waals surface area contributed by atoms with E-state index in [1.807, 2.05) is 30.6 Å². The van der Waals surface area contributed by atoms with Crippen molar-refractivity contribution in [3.8, 4) is 0 Å². The molecule has 0 aromatic heterocycles. The van der Waals surface area contributed by atoms with Crippen LogP contribution in [-0.2, 0) is 19.6 Å². The molecule has 9 nitrogen and oxygen atoms in total. The van der Waals surface area contributed by atoms with Crippen molar-refractivity contribution in [2.45, 2.75) is 102 Å². The molecule has 0 radical (unpaired) electrons. The van der Waals surface area contributed by atoms with Crippen molar-refractivity contribution in [1.29, 1.82) is 0 Å². The highest BCUT2D eigenvalue weighted by Crippen LogP contribution is 2.43. The molecule has 2 amide bonds. The van der Waals surface area contributed by atoms with Gasteiger partial charge in [0.1, 0.15) is 0 Å². The molecular formula is C23H41N3O6S. The lowest BCUT2D eigenvalue weighted by atomic mass is 9.69. The lowest BCUT2D eigenvalue weighted by molar-refractivity contribution is -0.142. The van der Waals surface area contributed by atoms with E-state index in [0.717, 1.165) is 32.1 Å². The molecule has 1 aliphatic heterocycles. The molecule has 1 saturated heterocycles. The fourth-order valence-corrected chi connectivity index (χ4v) is 7.79. The van der Waals surface area contributed by atoms with Crippen LogP contribution in [0.25, 0.3) is 0 Å². The molecule has 3 fully saturated rings. The summed E-state index contributed by atoms with van der Waals surface area (Å²) in [6.45, 7) is 7.61. The number of amides is 2. The van der Waals surface area contributed by atoms with Crippen molar-refractivity contribution < 1.29 is 27.9 Å². The minimum atomic E-state index is -3.40. The maximum Gasteiger partial charge on any atom is 0.410 e. The predicted molar refractivity (Wildman–Crippen MR) is 125 cm³/mol. The van der Waals surface area contributed by atoms with E-state index in [-0.39, 0.29) is 49.4 Å². The normalized spacial score (nSPS) is 33.0. The van der Waals surface area contributed by atoms with E-state index in [4.69, 9.17) is 9.84 Å². The van der Waals surface area contributed by atoms with Crippen LogP contribution >= 0.6 is 0 Å². The maximum absolute atomic E-state index is 12.9. The number of carbonyl (C=O) groups excluding carboxylic acids is 2. The van der Waals surface area contributed by atoms with Gasteiger partial charge in [0.25, 0.3) is 0 Å². The highest BCUT2D eigenvalue weighted by Gasteiger charge is 2.48. The number of aliphatic hydroxyl groups is 1. The van der Waals surface area contributed by atoms with Gasteiger partial charge in [-0.2, -0.15) is 0 Å². The lowest BCUT2D eigenvalue weighted by Gasteiger charge is -2.54. The van der Waals surface area contributed by atoms with E-state index in [9.17, 15) is 18.0 Å². The Morgan fingerprint density at radius 1 is 1.06 bits per heavy atom. The van der Waals surface area contributed by atoms with Crippen LogP contribution in [0.1, 0.15) is 72.6 Å². The Morgan fingerprint density at radius 3 is 2.27 bits per heavy atom. The monoisotopic (exact) mass is 487 g/mol. The maximum atomic E-state index is 12.9. The molecule has 0 bridgehead atoms. The summed E-state index contributed by atoms with van der Waals surface area (Å²) in [4.78, 5) is 29.1. The summed E-state index contributed by atoms with van der Waals surface area (Å²) in [6, 6.07) is -0.114. The van der Waals surface area contributed by atoms with Gasteiger partial charge >= 0.3 is 6.09 Å². The number of carbonyl (C=O) groups is 2. The van der Waals surface area contributed by atoms with Crippen LogP contribution in [0, 0.1) is 11.8 Å². The van der Waals surface area contributed by atoms with E-state index in [2.05, 4.69) is 4.72 Å². The number of rotatable bonds is 6. The molecular weight excluding hydrogens is 446 g/mol. The van der Waals surface area contributed by atoms with Crippen molar-refractivity contribution in [3.63, 3.8) is 0 Å². The number of fused-ring (bicyclic) bond motifs is 1. The average Bonchev–Trinajstić information content (AvgIpc) is 2.76. The molecule has 0 aromatic carbocycles. The molecule has 3 unspecified atom stereocenters. The number of piperazine rings is 1. The van der Waals surface area contributed by atoms with Gasteiger partial charge in [-0.05, 0) is 77.6 Å². The number of ether oxygens (including phenoxy) is 1. The van der Waals surface area contributed by atoms with Gasteiger partial charge < -0.3 is 19.6 Å². The molecule has 3 rings (SSSR count). The summed E-state index contributed by atoms with van der Waals surface area (Å²) >= 11 is 0. The molecule has 2 N–H and O–H groups in total. The quantitative estimate of drug-likeness (QED) is 0.593. The van der Waals surface area contributed by atoms with Gasteiger partial charge in [0, 0.05) is 26.1 Å². The van der Waals surface area contributed by atoms with Crippen LogP contribution in [0.5, 0.6) is 0 Å². The first-order chi connectivity index (χ1) is 15.5. The smallest absolute Gasteiger partial charge is 0.410 e. The molecule has 0 aromatic rings. The van der Waals surface area contributed by atoms with Crippen molar-refractivity contribution in [3.05, 3.63) is 0 Å². The van der Waals surface area contributed by atoms with Gasteiger partial charge in [-0.3, -0.25) is 4.79 Å². The first kappa shape index (κ1) is 26.2. The summed E-state index contributed by atoms with van der Waals surface area (Å²) in [5.41, 5.74) is 0. The summed E-state index contributed by atoms with van der Waals surface area (Å²) < 4.78 is 32.9. The molecule has 2 saturated carbocycles. The number of nitrogens with zero attached hydrogens (tertiary/aromatic N) is 2. The number of hydrogen-bond acceptors (Lipinski definition) is 6. The van der Waals surface area contributed by atoms with Crippen LogP contribution in [0.15, 0.2) is 0 Å². The fraction of sp³-hybridized carbons (Fsp3) is 0.913. The molecule has 0 spiro atoms. The first-order valence-corrected chi connectivity index (χ1v) is 13.9. The standard InChI is InChI=1S/C23H41N3O6S/c1-15(2)32-23(29)25-14-16(3)26(17(4)28)21-10-7-19(13-22(21)25)18-5-8-20(9-6-18)33(30,31)24-11-12-27/h15-16,18-22,24,27H,5-14H2,1-4H3/t16-,18?,19?,20?,21?,22?/m0/s1. The topological polar surface area (TPSA) is 116 Å². The van der Waals surface area contributed by atoms with Gasteiger partial charge in [-0.25, -0.2) is 17.9 Å².